The number of aromatic nitrogens is 2. The number of amides is 1. The highest BCUT2D eigenvalue weighted by Gasteiger charge is 2.19. The van der Waals surface area contributed by atoms with Gasteiger partial charge in [-0.05, 0) is 25.0 Å². The van der Waals surface area contributed by atoms with Crippen molar-refractivity contribution < 1.29 is 9.21 Å². The molecule has 0 aromatic carbocycles. The number of furan rings is 1. The van der Waals surface area contributed by atoms with E-state index in [2.05, 4.69) is 15.5 Å². The van der Waals surface area contributed by atoms with E-state index in [1.54, 1.807) is 12.1 Å². The van der Waals surface area contributed by atoms with Crippen LogP contribution < -0.4 is 5.32 Å². The van der Waals surface area contributed by atoms with Crippen LogP contribution in [-0.2, 0) is 0 Å². The standard InChI is InChI=1S/C13H15N3O2/c17-13(11-6-3-7-18-11)14-12-8-10(15-16-12)9-4-1-2-5-9/h3,6-9H,1-2,4-5H2,(H2,14,15,16,17). The first-order chi connectivity index (χ1) is 8.83. The van der Waals surface area contributed by atoms with E-state index in [0.29, 0.717) is 17.5 Å². The van der Waals surface area contributed by atoms with Crippen molar-refractivity contribution in [3.05, 3.63) is 35.9 Å². The minimum atomic E-state index is -0.274. The first kappa shape index (κ1) is 11.1. The van der Waals surface area contributed by atoms with Gasteiger partial charge in [-0.1, -0.05) is 12.8 Å². The molecule has 2 aromatic heterocycles. The van der Waals surface area contributed by atoms with Gasteiger partial charge in [0.15, 0.2) is 11.6 Å². The van der Waals surface area contributed by atoms with Gasteiger partial charge >= 0.3 is 0 Å². The quantitative estimate of drug-likeness (QED) is 0.873. The molecule has 3 rings (SSSR count). The van der Waals surface area contributed by atoms with Gasteiger partial charge in [0.2, 0.25) is 0 Å². The summed E-state index contributed by atoms with van der Waals surface area (Å²) in [4.78, 5) is 11.7. The van der Waals surface area contributed by atoms with Crippen LogP contribution in [0.2, 0.25) is 0 Å². The van der Waals surface area contributed by atoms with Crippen molar-refractivity contribution in [2.45, 2.75) is 31.6 Å². The molecule has 0 saturated heterocycles. The van der Waals surface area contributed by atoms with Crippen molar-refractivity contribution in [3.63, 3.8) is 0 Å². The van der Waals surface area contributed by atoms with Crippen molar-refractivity contribution in [3.8, 4) is 0 Å². The third-order valence-electron chi connectivity index (χ3n) is 3.38. The SMILES string of the molecule is O=C(Nc1cc(C2CCCC2)[nH]n1)c1ccco1. The third-order valence-corrected chi connectivity index (χ3v) is 3.38. The zero-order valence-electron chi connectivity index (χ0n) is 9.98. The summed E-state index contributed by atoms with van der Waals surface area (Å²) >= 11 is 0. The monoisotopic (exact) mass is 245 g/mol. The predicted molar refractivity (Wildman–Crippen MR) is 66.5 cm³/mol. The number of anilines is 1. The summed E-state index contributed by atoms with van der Waals surface area (Å²) in [5.74, 6) is 1.13. The lowest BCUT2D eigenvalue weighted by Gasteiger charge is -2.03. The number of hydrogen-bond donors (Lipinski definition) is 2. The van der Waals surface area contributed by atoms with E-state index in [1.165, 1.54) is 31.9 Å². The zero-order valence-corrected chi connectivity index (χ0v) is 9.98. The fourth-order valence-electron chi connectivity index (χ4n) is 2.43. The Bertz CT molecular complexity index is 524. The Morgan fingerprint density at radius 3 is 3.00 bits per heavy atom. The molecule has 5 heteroatoms. The molecule has 0 bridgehead atoms. The number of H-pyrrole nitrogens is 1. The van der Waals surface area contributed by atoms with Crippen LogP contribution in [0.4, 0.5) is 5.82 Å². The molecule has 2 N–H and O–H groups in total. The average molecular weight is 245 g/mol. The molecule has 1 saturated carbocycles. The van der Waals surface area contributed by atoms with E-state index in [0.717, 1.165) is 5.69 Å². The van der Waals surface area contributed by atoms with Gasteiger partial charge in [0.25, 0.3) is 5.91 Å². The van der Waals surface area contributed by atoms with Gasteiger partial charge in [-0.25, -0.2) is 0 Å². The Balaban J connectivity index is 1.68. The Morgan fingerprint density at radius 2 is 2.28 bits per heavy atom. The van der Waals surface area contributed by atoms with Crippen molar-refractivity contribution in [2.24, 2.45) is 0 Å². The van der Waals surface area contributed by atoms with Gasteiger partial charge in [-0.2, -0.15) is 5.10 Å². The molecular formula is C13H15N3O2. The summed E-state index contributed by atoms with van der Waals surface area (Å²) in [6, 6.07) is 5.22. The number of hydrogen-bond acceptors (Lipinski definition) is 3. The van der Waals surface area contributed by atoms with Crippen molar-refractivity contribution in [2.75, 3.05) is 5.32 Å². The molecule has 5 nitrogen and oxygen atoms in total. The summed E-state index contributed by atoms with van der Waals surface area (Å²) in [5, 5.41) is 9.83. The fraction of sp³-hybridized carbons (Fsp3) is 0.385. The lowest BCUT2D eigenvalue weighted by atomic mass is 10.0. The topological polar surface area (TPSA) is 70.9 Å². The Kier molecular flexibility index (Phi) is 2.88. The summed E-state index contributed by atoms with van der Waals surface area (Å²) < 4.78 is 5.02. The summed E-state index contributed by atoms with van der Waals surface area (Å²) in [6.45, 7) is 0. The number of carbonyl (C=O) groups excluding carboxylic acids is 1. The molecule has 1 fully saturated rings. The normalized spacial score (nSPS) is 16.0. The van der Waals surface area contributed by atoms with Crippen LogP contribution in [0.5, 0.6) is 0 Å². The largest absolute Gasteiger partial charge is 0.459 e. The highest BCUT2D eigenvalue weighted by Crippen LogP contribution is 2.33. The zero-order chi connectivity index (χ0) is 12.4. The average Bonchev–Trinajstić information content (AvgIpc) is 3.12. The smallest absolute Gasteiger partial charge is 0.292 e. The lowest BCUT2D eigenvalue weighted by Crippen LogP contribution is -2.10. The molecule has 1 aliphatic rings. The highest BCUT2D eigenvalue weighted by molar-refractivity contribution is 6.01. The molecule has 1 amide bonds. The van der Waals surface area contributed by atoms with Crippen LogP contribution in [0.1, 0.15) is 47.8 Å². The molecule has 94 valence electrons. The van der Waals surface area contributed by atoms with Crippen LogP contribution in [0.25, 0.3) is 0 Å². The van der Waals surface area contributed by atoms with Crippen LogP contribution in [0.15, 0.2) is 28.9 Å². The van der Waals surface area contributed by atoms with Gasteiger partial charge in [0.1, 0.15) is 0 Å². The van der Waals surface area contributed by atoms with E-state index in [1.807, 2.05) is 6.07 Å². The van der Waals surface area contributed by atoms with Gasteiger partial charge < -0.3 is 9.73 Å². The molecule has 0 atom stereocenters. The maximum Gasteiger partial charge on any atom is 0.292 e. The van der Waals surface area contributed by atoms with Gasteiger partial charge in [0, 0.05) is 17.7 Å². The Labute approximate surface area is 105 Å². The van der Waals surface area contributed by atoms with Gasteiger partial charge in [0.05, 0.1) is 6.26 Å². The third kappa shape index (κ3) is 2.16. The molecule has 2 heterocycles. The van der Waals surface area contributed by atoms with Gasteiger partial charge in [-0.3, -0.25) is 9.89 Å². The molecule has 18 heavy (non-hydrogen) atoms. The maximum absolute atomic E-state index is 11.7. The van der Waals surface area contributed by atoms with E-state index in [9.17, 15) is 4.79 Å². The second kappa shape index (κ2) is 4.68. The molecule has 0 unspecified atom stereocenters. The summed E-state index contributed by atoms with van der Waals surface area (Å²) in [7, 11) is 0. The molecular weight excluding hydrogens is 230 g/mol. The fourth-order valence-corrected chi connectivity index (χ4v) is 2.43. The van der Waals surface area contributed by atoms with Crippen molar-refractivity contribution in [1.29, 1.82) is 0 Å². The summed E-state index contributed by atoms with van der Waals surface area (Å²) in [6.07, 6.45) is 6.43. The van der Waals surface area contributed by atoms with E-state index < -0.39 is 0 Å². The minimum Gasteiger partial charge on any atom is -0.459 e. The Hall–Kier alpha value is -2.04. The van der Waals surface area contributed by atoms with Gasteiger partial charge in [-0.15, -0.1) is 0 Å². The number of carbonyl (C=O) groups is 1. The number of aromatic amines is 1. The summed E-state index contributed by atoms with van der Waals surface area (Å²) in [5.41, 5.74) is 1.11. The minimum absolute atomic E-state index is 0.274. The molecule has 0 spiro atoms. The second-order valence-electron chi connectivity index (χ2n) is 4.62. The van der Waals surface area contributed by atoms with Crippen molar-refractivity contribution >= 4 is 11.7 Å². The maximum atomic E-state index is 11.7. The molecule has 1 aliphatic carbocycles. The number of rotatable bonds is 3. The van der Waals surface area contributed by atoms with E-state index in [4.69, 9.17) is 4.42 Å². The van der Waals surface area contributed by atoms with E-state index in [-0.39, 0.29) is 5.91 Å². The highest BCUT2D eigenvalue weighted by atomic mass is 16.3. The second-order valence-corrected chi connectivity index (χ2v) is 4.62. The van der Waals surface area contributed by atoms with Crippen LogP contribution >= 0.6 is 0 Å². The van der Waals surface area contributed by atoms with Crippen LogP contribution in [0, 0.1) is 0 Å². The first-order valence-corrected chi connectivity index (χ1v) is 6.23. The predicted octanol–water partition coefficient (Wildman–Crippen LogP) is 2.91. The van der Waals surface area contributed by atoms with Crippen molar-refractivity contribution in [1.82, 2.24) is 10.2 Å². The van der Waals surface area contributed by atoms with E-state index >= 15 is 0 Å². The van der Waals surface area contributed by atoms with Crippen LogP contribution in [0.3, 0.4) is 0 Å². The van der Waals surface area contributed by atoms with Crippen LogP contribution in [-0.4, -0.2) is 16.1 Å². The lowest BCUT2D eigenvalue weighted by molar-refractivity contribution is 0.0996. The molecule has 2 aromatic rings. The first-order valence-electron chi connectivity index (χ1n) is 6.23. The number of nitrogens with zero attached hydrogens (tertiary/aromatic N) is 1. The molecule has 0 aliphatic heterocycles. The molecule has 0 radical (unpaired) electrons. The Morgan fingerprint density at radius 1 is 1.44 bits per heavy atom. The number of nitrogens with one attached hydrogen (secondary N) is 2.